The van der Waals surface area contributed by atoms with Gasteiger partial charge in [0.1, 0.15) is 6.29 Å². The molecule has 1 unspecified atom stereocenters. The summed E-state index contributed by atoms with van der Waals surface area (Å²) in [5.41, 5.74) is 0. The second kappa shape index (κ2) is 17.8. The van der Waals surface area contributed by atoms with Crippen LogP contribution in [0.25, 0.3) is 0 Å². The standard InChI is InChI=1S/C11H23O2.2C4H9.Al/c1-3-5-6-7-8-9-10-13-11(12)4-2;2*1-3-4-2;/h11H,3-10H2,1-2H3;2*1,3-4H2,2H3;/q-1;;;+1. The van der Waals surface area contributed by atoms with E-state index in [1.54, 1.807) is 0 Å². The van der Waals surface area contributed by atoms with Crippen molar-refractivity contribution in [2.45, 2.75) is 115 Å². The van der Waals surface area contributed by atoms with Crippen molar-refractivity contribution in [3.8, 4) is 0 Å². The maximum atomic E-state index is 6.37. The Labute approximate surface area is 145 Å². The van der Waals surface area contributed by atoms with Gasteiger partial charge >= 0.3 is 14.5 Å². The van der Waals surface area contributed by atoms with Crippen molar-refractivity contribution in [1.29, 1.82) is 0 Å². The fourth-order valence-corrected chi connectivity index (χ4v) is 5.70. The maximum Gasteiger partial charge on any atom is 0.462 e. The Bertz CT molecular complexity index is 204. The van der Waals surface area contributed by atoms with Gasteiger partial charge in [-0.15, -0.1) is 0 Å². The number of unbranched alkanes of at least 4 members (excludes halogenated alkanes) is 7. The smallest absolute Gasteiger partial charge is 0.462 e. The van der Waals surface area contributed by atoms with Crippen LogP contribution in [0.4, 0.5) is 0 Å². The second-order valence-corrected chi connectivity index (χ2v) is 9.19. The molecule has 0 amide bonds. The minimum absolute atomic E-state index is 0.0704. The predicted molar refractivity (Wildman–Crippen MR) is 99.7 cm³/mol. The summed E-state index contributed by atoms with van der Waals surface area (Å²) in [4.78, 5) is 0. The average Bonchev–Trinajstić information content (AvgIpc) is 2.54. The molecule has 0 saturated heterocycles. The largest absolute Gasteiger partial charge is 0.478 e. The van der Waals surface area contributed by atoms with E-state index in [0.717, 1.165) is 13.0 Å². The zero-order valence-electron chi connectivity index (χ0n) is 15.9. The molecule has 0 N–H and O–H groups in total. The molecule has 132 valence electrons. The molecule has 0 aliphatic rings. The lowest BCUT2D eigenvalue weighted by Crippen LogP contribution is -2.28. The van der Waals surface area contributed by atoms with Crippen LogP contribution in [0, 0.1) is 0 Å². The fourth-order valence-electron chi connectivity index (χ4n) is 2.71. The van der Waals surface area contributed by atoms with Gasteiger partial charge in [0.15, 0.2) is 0 Å². The van der Waals surface area contributed by atoms with Gasteiger partial charge in [0.2, 0.25) is 0 Å². The van der Waals surface area contributed by atoms with Crippen LogP contribution in [-0.4, -0.2) is 27.4 Å². The van der Waals surface area contributed by atoms with Crippen LogP contribution in [0.2, 0.25) is 10.6 Å². The molecular formula is C19H41AlO2. The zero-order chi connectivity index (χ0) is 16.5. The molecular weight excluding hydrogens is 287 g/mol. The van der Waals surface area contributed by atoms with E-state index in [1.807, 2.05) is 0 Å². The van der Waals surface area contributed by atoms with Crippen molar-refractivity contribution in [3.05, 3.63) is 0 Å². The number of hydrogen-bond donors (Lipinski definition) is 0. The van der Waals surface area contributed by atoms with Crippen molar-refractivity contribution < 1.29 is 8.53 Å². The summed E-state index contributed by atoms with van der Waals surface area (Å²) in [6, 6.07) is 0. The van der Waals surface area contributed by atoms with Gasteiger partial charge in [-0.2, -0.15) is 0 Å². The molecule has 0 fully saturated rings. The van der Waals surface area contributed by atoms with E-state index in [2.05, 4.69) is 27.7 Å². The van der Waals surface area contributed by atoms with E-state index < -0.39 is 14.5 Å². The molecule has 0 saturated carbocycles. The summed E-state index contributed by atoms with van der Waals surface area (Å²) in [5, 5.41) is 2.65. The third-order valence-electron chi connectivity index (χ3n) is 4.24. The van der Waals surface area contributed by atoms with E-state index >= 15 is 0 Å². The highest BCUT2D eigenvalue weighted by atomic mass is 27.2. The highest BCUT2D eigenvalue weighted by molar-refractivity contribution is 6.51. The van der Waals surface area contributed by atoms with Gasteiger partial charge in [0.05, 0.1) is 0 Å². The summed E-state index contributed by atoms with van der Waals surface area (Å²) in [6.45, 7) is 9.89. The SMILES string of the molecule is CCCCCCCCOC(CC)[O][Al]([CH2]CCC)[CH2]CCC. The molecule has 3 heteroatoms. The Kier molecular flexibility index (Phi) is 18.2. The van der Waals surface area contributed by atoms with Gasteiger partial charge in [0.25, 0.3) is 0 Å². The van der Waals surface area contributed by atoms with Gasteiger partial charge < -0.3 is 8.53 Å². The summed E-state index contributed by atoms with van der Waals surface area (Å²) in [6.07, 6.45) is 14.2. The lowest BCUT2D eigenvalue weighted by molar-refractivity contribution is -0.0858. The van der Waals surface area contributed by atoms with Crippen molar-refractivity contribution >= 4 is 14.5 Å². The third kappa shape index (κ3) is 14.1. The molecule has 0 bridgehead atoms. The summed E-state index contributed by atoms with van der Waals surface area (Å²) in [7, 11) is 0. The fraction of sp³-hybridized carbons (Fsp3) is 1.00. The molecule has 0 spiro atoms. The van der Waals surface area contributed by atoms with E-state index in [9.17, 15) is 0 Å². The summed E-state index contributed by atoms with van der Waals surface area (Å²) < 4.78 is 12.4. The molecule has 0 radical (unpaired) electrons. The molecule has 0 aromatic rings. The van der Waals surface area contributed by atoms with Crippen molar-refractivity contribution in [2.24, 2.45) is 0 Å². The number of ether oxygens (including phenoxy) is 1. The van der Waals surface area contributed by atoms with Crippen LogP contribution >= 0.6 is 0 Å². The van der Waals surface area contributed by atoms with Crippen LogP contribution in [0.3, 0.4) is 0 Å². The first-order chi connectivity index (χ1) is 10.8. The van der Waals surface area contributed by atoms with Crippen molar-refractivity contribution in [2.75, 3.05) is 6.61 Å². The zero-order valence-corrected chi connectivity index (χ0v) is 17.0. The van der Waals surface area contributed by atoms with Gasteiger partial charge in [0, 0.05) is 6.61 Å². The Morgan fingerprint density at radius 2 is 1.23 bits per heavy atom. The van der Waals surface area contributed by atoms with E-state index in [1.165, 1.54) is 74.8 Å². The van der Waals surface area contributed by atoms with Crippen molar-refractivity contribution in [1.82, 2.24) is 0 Å². The highest BCUT2D eigenvalue weighted by Crippen LogP contribution is 2.15. The van der Waals surface area contributed by atoms with Crippen LogP contribution < -0.4 is 0 Å². The molecule has 0 aromatic heterocycles. The average molecular weight is 329 g/mol. The first-order valence-corrected chi connectivity index (χ1v) is 12.2. The molecule has 2 nitrogen and oxygen atoms in total. The van der Waals surface area contributed by atoms with Gasteiger partial charge in [-0.3, -0.25) is 0 Å². The highest BCUT2D eigenvalue weighted by Gasteiger charge is 2.23. The molecule has 1 atom stereocenters. The minimum Gasteiger partial charge on any atom is -0.478 e. The van der Waals surface area contributed by atoms with Crippen LogP contribution in [0.15, 0.2) is 0 Å². The maximum absolute atomic E-state index is 6.37. The van der Waals surface area contributed by atoms with E-state index in [-0.39, 0.29) is 6.29 Å². The lowest BCUT2D eigenvalue weighted by atomic mass is 10.1. The molecule has 0 rings (SSSR count). The monoisotopic (exact) mass is 328 g/mol. The first kappa shape index (κ1) is 22.5. The Morgan fingerprint density at radius 1 is 0.682 bits per heavy atom. The van der Waals surface area contributed by atoms with Crippen LogP contribution in [0.1, 0.15) is 98.3 Å². The van der Waals surface area contributed by atoms with Crippen molar-refractivity contribution in [3.63, 3.8) is 0 Å². The summed E-state index contributed by atoms with van der Waals surface area (Å²) in [5.74, 6) is 0. The summed E-state index contributed by atoms with van der Waals surface area (Å²) >= 11 is -1.04. The quantitative estimate of drug-likeness (QED) is 0.168. The lowest BCUT2D eigenvalue weighted by Gasteiger charge is -2.22. The van der Waals surface area contributed by atoms with Gasteiger partial charge in [-0.05, 0) is 12.8 Å². The number of hydrogen-bond acceptors (Lipinski definition) is 2. The van der Waals surface area contributed by atoms with Crippen LogP contribution in [-0.2, 0) is 8.53 Å². The number of rotatable bonds is 17. The predicted octanol–water partition coefficient (Wildman–Crippen LogP) is 6.71. The second-order valence-electron chi connectivity index (χ2n) is 6.52. The minimum atomic E-state index is -1.04. The molecule has 0 aliphatic heterocycles. The molecule has 22 heavy (non-hydrogen) atoms. The Balaban J connectivity index is 3.83. The van der Waals surface area contributed by atoms with Gasteiger partial charge in [-0.25, -0.2) is 0 Å². The topological polar surface area (TPSA) is 18.5 Å². The molecule has 0 heterocycles. The normalized spacial score (nSPS) is 12.5. The van der Waals surface area contributed by atoms with E-state index in [4.69, 9.17) is 8.53 Å². The Morgan fingerprint density at radius 3 is 1.77 bits per heavy atom. The van der Waals surface area contributed by atoms with Crippen LogP contribution in [0.5, 0.6) is 0 Å². The Hall–Kier alpha value is 0.452. The molecule has 0 aliphatic carbocycles. The first-order valence-electron chi connectivity index (χ1n) is 10.0. The van der Waals surface area contributed by atoms with E-state index in [0.29, 0.717) is 0 Å². The van der Waals surface area contributed by atoms with Gasteiger partial charge in [-0.1, -0.05) is 96.0 Å². The third-order valence-corrected chi connectivity index (χ3v) is 7.03. The molecule has 0 aromatic carbocycles.